The second-order valence-electron chi connectivity index (χ2n) is 4.03. The van der Waals surface area contributed by atoms with Crippen LogP contribution in [0.1, 0.15) is 15.9 Å². The van der Waals surface area contributed by atoms with Crippen LogP contribution in [-0.2, 0) is 0 Å². The van der Waals surface area contributed by atoms with Gasteiger partial charge >= 0.3 is 0 Å². The highest BCUT2D eigenvalue weighted by atomic mass is 35.5. The lowest BCUT2D eigenvalue weighted by atomic mass is 10.1. The zero-order valence-electron chi connectivity index (χ0n) is 10.3. The Bertz CT molecular complexity index is 695. The highest BCUT2D eigenvalue weighted by Gasteiger charge is 2.16. The lowest BCUT2D eigenvalue weighted by Crippen LogP contribution is -2.00. The number of hydrogen-bond acceptors (Lipinski definition) is 3. The SMILES string of the molecule is O=C(/C=C/c1cccc(Cl)c1)c1ccccc1[N+](=O)[O-]. The van der Waals surface area contributed by atoms with E-state index in [0.717, 1.165) is 5.56 Å². The molecule has 0 heterocycles. The van der Waals surface area contributed by atoms with Gasteiger partial charge in [-0.25, -0.2) is 0 Å². The predicted molar refractivity (Wildman–Crippen MR) is 77.9 cm³/mol. The third-order valence-corrected chi connectivity index (χ3v) is 2.88. The van der Waals surface area contributed by atoms with Crippen LogP contribution in [0.15, 0.2) is 54.6 Å². The number of nitrogens with zero attached hydrogens (tertiary/aromatic N) is 1. The van der Waals surface area contributed by atoms with Crippen molar-refractivity contribution in [3.8, 4) is 0 Å². The molecule has 0 amide bonds. The minimum absolute atomic E-state index is 0.0655. The van der Waals surface area contributed by atoms with Gasteiger partial charge in [-0.2, -0.15) is 0 Å². The first-order valence-electron chi connectivity index (χ1n) is 5.79. The maximum atomic E-state index is 12.0. The van der Waals surface area contributed by atoms with Gasteiger partial charge < -0.3 is 0 Å². The number of rotatable bonds is 4. The van der Waals surface area contributed by atoms with Crippen molar-refractivity contribution in [1.82, 2.24) is 0 Å². The van der Waals surface area contributed by atoms with Gasteiger partial charge in [-0.1, -0.05) is 41.9 Å². The highest BCUT2D eigenvalue weighted by molar-refractivity contribution is 6.30. The van der Waals surface area contributed by atoms with Crippen molar-refractivity contribution in [3.05, 3.63) is 80.9 Å². The maximum Gasteiger partial charge on any atom is 0.280 e. The number of ketones is 1. The Balaban J connectivity index is 2.27. The molecule has 4 nitrogen and oxygen atoms in total. The smallest absolute Gasteiger partial charge is 0.280 e. The topological polar surface area (TPSA) is 60.2 Å². The van der Waals surface area contributed by atoms with Crippen LogP contribution in [0.4, 0.5) is 5.69 Å². The normalized spacial score (nSPS) is 10.7. The number of carbonyl (C=O) groups is 1. The Morgan fingerprint density at radius 2 is 1.90 bits per heavy atom. The van der Waals surface area contributed by atoms with E-state index >= 15 is 0 Å². The van der Waals surface area contributed by atoms with E-state index in [2.05, 4.69) is 0 Å². The Morgan fingerprint density at radius 3 is 2.60 bits per heavy atom. The van der Waals surface area contributed by atoms with Gasteiger partial charge in [-0.15, -0.1) is 0 Å². The molecular weight excluding hydrogens is 278 g/mol. The number of halogens is 1. The van der Waals surface area contributed by atoms with Crippen LogP contribution in [-0.4, -0.2) is 10.7 Å². The number of nitro benzene ring substituents is 1. The van der Waals surface area contributed by atoms with Crippen LogP contribution in [0.2, 0.25) is 5.02 Å². The molecule has 20 heavy (non-hydrogen) atoms. The van der Waals surface area contributed by atoms with Crippen molar-refractivity contribution >= 4 is 29.1 Å². The number of allylic oxidation sites excluding steroid dienone is 1. The van der Waals surface area contributed by atoms with E-state index in [4.69, 9.17) is 11.6 Å². The van der Waals surface area contributed by atoms with Gasteiger partial charge in [0.25, 0.3) is 5.69 Å². The quantitative estimate of drug-likeness (QED) is 0.367. The molecule has 100 valence electrons. The van der Waals surface area contributed by atoms with E-state index in [1.165, 1.54) is 24.3 Å². The third-order valence-electron chi connectivity index (χ3n) is 2.64. The summed E-state index contributed by atoms with van der Waals surface area (Å²) < 4.78 is 0. The minimum Gasteiger partial charge on any atom is -0.289 e. The average Bonchev–Trinajstić information content (AvgIpc) is 2.45. The number of carbonyl (C=O) groups excluding carboxylic acids is 1. The Labute approximate surface area is 120 Å². The molecule has 0 atom stereocenters. The van der Waals surface area contributed by atoms with Crippen LogP contribution in [0.5, 0.6) is 0 Å². The minimum atomic E-state index is -0.569. The summed E-state index contributed by atoms with van der Waals surface area (Å²) in [5, 5.41) is 11.4. The molecule has 0 unspecified atom stereocenters. The van der Waals surface area contributed by atoms with E-state index in [-0.39, 0.29) is 11.3 Å². The third kappa shape index (κ3) is 3.30. The molecule has 0 aliphatic heterocycles. The number of nitro groups is 1. The maximum absolute atomic E-state index is 12.0. The summed E-state index contributed by atoms with van der Waals surface area (Å²) in [5.41, 5.74) is 0.619. The van der Waals surface area contributed by atoms with Gasteiger partial charge in [-0.3, -0.25) is 14.9 Å². The van der Waals surface area contributed by atoms with Gasteiger partial charge in [0.15, 0.2) is 5.78 Å². The first kappa shape index (κ1) is 14.0. The van der Waals surface area contributed by atoms with Gasteiger partial charge in [0.1, 0.15) is 0 Å². The molecule has 0 aliphatic carbocycles. The van der Waals surface area contributed by atoms with Crippen molar-refractivity contribution in [1.29, 1.82) is 0 Å². The summed E-state index contributed by atoms with van der Waals surface area (Å²) in [6.07, 6.45) is 2.87. The van der Waals surface area contributed by atoms with E-state index in [0.29, 0.717) is 5.02 Å². The molecule has 0 aromatic heterocycles. The molecule has 0 spiro atoms. The summed E-state index contributed by atoms with van der Waals surface area (Å²) in [5.74, 6) is -0.419. The summed E-state index contributed by atoms with van der Waals surface area (Å²) >= 11 is 5.84. The Kier molecular flexibility index (Phi) is 4.27. The molecule has 0 saturated heterocycles. The zero-order valence-corrected chi connectivity index (χ0v) is 11.1. The molecule has 5 heteroatoms. The van der Waals surface area contributed by atoms with E-state index in [9.17, 15) is 14.9 Å². The first-order valence-corrected chi connectivity index (χ1v) is 6.17. The van der Waals surface area contributed by atoms with Crippen molar-refractivity contribution in [2.24, 2.45) is 0 Å². The predicted octanol–water partition coefficient (Wildman–Crippen LogP) is 4.14. The second kappa shape index (κ2) is 6.12. The van der Waals surface area contributed by atoms with Crippen LogP contribution in [0.25, 0.3) is 6.08 Å². The second-order valence-corrected chi connectivity index (χ2v) is 4.46. The van der Waals surface area contributed by atoms with Crippen LogP contribution < -0.4 is 0 Å². The van der Waals surface area contributed by atoms with Gasteiger partial charge in [0.2, 0.25) is 0 Å². The van der Waals surface area contributed by atoms with E-state index in [1.807, 2.05) is 0 Å². The Hall–Kier alpha value is -2.46. The van der Waals surface area contributed by atoms with Gasteiger partial charge in [0.05, 0.1) is 10.5 Å². The number of para-hydroxylation sites is 1. The van der Waals surface area contributed by atoms with E-state index in [1.54, 1.807) is 36.4 Å². The molecule has 0 radical (unpaired) electrons. The average molecular weight is 288 g/mol. The van der Waals surface area contributed by atoms with E-state index < -0.39 is 10.7 Å². The monoisotopic (exact) mass is 287 g/mol. The largest absolute Gasteiger partial charge is 0.289 e. The number of benzene rings is 2. The fourth-order valence-corrected chi connectivity index (χ4v) is 1.91. The van der Waals surface area contributed by atoms with Crippen LogP contribution >= 0.6 is 11.6 Å². The molecule has 2 aromatic rings. The lowest BCUT2D eigenvalue weighted by Gasteiger charge is -1.98. The lowest BCUT2D eigenvalue weighted by molar-refractivity contribution is -0.385. The molecule has 0 saturated carbocycles. The molecule has 2 aromatic carbocycles. The molecular formula is C15H10ClNO3. The molecule has 2 rings (SSSR count). The van der Waals surface area contributed by atoms with Crippen LogP contribution in [0.3, 0.4) is 0 Å². The fraction of sp³-hybridized carbons (Fsp3) is 0. The standard InChI is InChI=1S/C15H10ClNO3/c16-12-5-3-4-11(10-12)8-9-15(18)13-6-1-2-7-14(13)17(19)20/h1-10H/b9-8+. The molecule has 0 aliphatic rings. The van der Waals surface area contributed by atoms with Crippen LogP contribution in [0, 0.1) is 10.1 Å². The summed E-state index contributed by atoms with van der Waals surface area (Å²) in [7, 11) is 0. The van der Waals surface area contributed by atoms with Gasteiger partial charge in [0, 0.05) is 11.1 Å². The summed E-state index contributed by atoms with van der Waals surface area (Å²) in [4.78, 5) is 22.3. The fourth-order valence-electron chi connectivity index (χ4n) is 1.71. The molecule has 0 bridgehead atoms. The molecule has 0 fully saturated rings. The van der Waals surface area contributed by atoms with Gasteiger partial charge in [-0.05, 0) is 29.8 Å². The summed E-state index contributed by atoms with van der Waals surface area (Å²) in [6.45, 7) is 0. The first-order chi connectivity index (χ1) is 9.58. The number of hydrogen-bond donors (Lipinski definition) is 0. The van der Waals surface area contributed by atoms with Crippen molar-refractivity contribution < 1.29 is 9.72 Å². The van der Waals surface area contributed by atoms with Crippen molar-refractivity contribution in [3.63, 3.8) is 0 Å². The summed E-state index contributed by atoms with van der Waals surface area (Å²) in [6, 6.07) is 12.8. The molecule has 0 N–H and O–H groups in total. The highest BCUT2D eigenvalue weighted by Crippen LogP contribution is 2.19. The van der Waals surface area contributed by atoms with Crippen molar-refractivity contribution in [2.45, 2.75) is 0 Å². The zero-order chi connectivity index (χ0) is 14.5. The van der Waals surface area contributed by atoms with Crippen molar-refractivity contribution in [2.75, 3.05) is 0 Å². The Morgan fingerprint density at radius 1 is 1.15 bits per heavy atom.